The number of benzene rings is 1. The van der Waals surface area contributed by atoms with Crippen LogP contribution < -0.4 is 5.32 Å². The number of anilines is 1. The van der Waals surface area contributed by atoms with E-state index in [4.69, 9.17) is 16.3 Å². The highest BCUT2D eigenvalue weighted by Gasteiger charge is 2.10. The van der Waals surface area contributed by atoms with Gasteiger partial charge in [-0.15, -0.1) is 0 Å². The van der Waals surface area contributed by atoms with Crippen LogP contribution in [-0.4, -0.2) is 49.3 Å². The zero-order valence-electron chi connectivity index (χ0n) is 12.2. The predicted molar refractivity (Wildman–Crippen MR) is 89.7 cm³/mol. The van der Waals surface area contributed by atoms with Crippen LogP contribution in [0.15, 0.2) is 12.1 Å². The topological polar surface area (TPSA) is 37.4 Å². The average Bonchev–Trinajstić information content (AvgIpc) is 2.93. The molecule has 21 heavy (non-hydrogen) atoms. The molecule has 2 heterocycles. The maximum absolute atomic E-state index is 6.14. The molecule has 1 aromatic heterocycles. The van der Waals surface area contributed by atoms with E-state index in [0.29, 0.717) is 0 Å². The molecule has 0 spiro atoms. The summed E-state index contributed by atoms with van der Waals surface area (Å²) in [5, 5.41) is 5.19. The van der Waals surface area contributed by atoms with Crippen LogP contribution in [0.4, 0.5) is 5.13 Å². The van der Waals surface area contributed by atoms with Crippen molar-refractivity contribution in [2.45, 2.75) is 13.3 Å². The maximum atomic E-state index is 6.14. The number of halogens is 1. The van der Waals surface area contributed by atoms with Crippen molar-refractivity contribution in [3.05, 3.63) is 22.7 Å². The lowest BCUT2D eigenvalue weighted by atomic mass is 10.2. The Balaban J connectivity index is 1.52. The van der Waals surface area contributed by atoms with Crippen molar-refractivity contribution in [1.29, 1.82) is 0 Å². The number of hydrogen-bond donors (Lipinski definition) is 1. The molecule has 0 atom stereocenters. The number of aryl methyl sites for hydroxylation is 1. The summed E-state index contributed by atoms with van der Waals surface area (Å²) in [7, 11) is 0. The largest absolute Gasteiger partial charge is 0.379 e. The van der Waals surface area contributed by atoms with Crippen LogP contribution in [0, 0.1) is 6.92 Å². The van der Waals surface area contributed by atoms with Crippen LogP contribution in [0.25, 0.3) is 10.2 Å². The van der Waals surface area contributed by atoms with Crippen LogP contribution in [0.5, 0.6) is 0 Å². The Hall–Kier alpha value is -0.880. The number of nitrogens with zero attached hydrogens (tertiary/aromatic N) is 2. The van der Waals surface area contributed by atoms with Gasteiger partial charge in [-0.2, -0.15) is 0 Å². The van der Waals surface area contributed by atoms with E-state index >= 15 is 0 Å². The summed E-state index contributed by atoms with van der Waals surface area (Å²) in [4.78, 5) is 7.10. The van der Waals surface area contributed by atoms with E-state index in [0.717, 1.165) is 67.0 Å². The quantitative estimate of drug-likeness (QED) is 0.855. The summed E-state index contributed by atoms with van der Waals surface area (Å²) in [5.41, 5.74) is 2.08. The summed E-state index contributed by atoms with van der Waals surface area (Å²) in [6.45, 7) is 7.93. The number of ether oxygens (including phenoxy) is 1. The van der Waals surface area contributed by atoms with Crippen LogP contribution in [0.3, 0.4) is 0 Å². The van der Waals surface area contributed by atoms with E-state index in [1.54, 1.807) is 11.3 Å². The minimum absolute atomic E-state index is 0.784. The van der Waals surface area contributed by atoms with E-state index < -0.39 is 0 Å². The smallest absolute Gasteiger partial charge is 0.183 e. The molecule has 2 aromatic rings. The van der Waals surface area contributed by atoms with Crippen molar-refractivity contribution >= 4 is 38.3 Å². The summed E-state index contributed by atoms with van der Waals surface area (Å²) in [5.74, 6) is 0. The Bertz CT molecular complexity index is 610. The van der Waals surface area contributed by atoms with Gasteiger partial charge >= 0.3 is 0 Å². The van der Waals surface area contributed by atoms with Crippen molar-refractivity contribution in [2.24, 2.45) is 0 Å². The molecule has 0 unspecified atom stereocenters. The third-order valence-electron chi connectivity index (χ3n) is 3.78. The lowest BCUT2D eigenvalue weighted by Gasteiger charge is -2.26. The maximum Gasteiger partial charge on any atom is 0.183 e. The molecule has 1 aliphatic heterocycles. The van der Waals surface area contributed by atoms with Gasteiger partial charge in [-0.1, -0.05) is 22.9 Å². The second-order valence-corrected chi connectivity index (χ2v) is 6.71. The van der Waals surface area contributed by atoms with Gasteiger partial charge < -0.3 is 10.1 Å². The van der Waals surface area contributed by atoms with Gasteiger partial charge in [0.1, 0.15) is 0 Å². The molecule has 1 N–H and O–H groups in total. The molecule has 1 aliphatic rings. The van der Waals surface area contributed by atoms with E-state index in [2.05, 4.69) is 15.2 Å². The van der Waals surface area contributed by atoms with Gasteiger partial charge in [-0.25, -0.2) is 4.98 Å². The predicted octanol–water partition coefficient (Wildman–Crippen LogP) is 3.39. The fourth-order valence-corrected chi connectivity index (χ4v) is 3.60. The first-order valence-corrected chi connectivity index (χ1v) is 8.53. The van der Waals surface area contributed by atoms with Gasteiger partial charge in [-0.3, -0.25) is 4.90 Å². The minimum Gasteiger partial charge on any atom is -0.379 e. The zero-order valence-corrected chi connectivity index (χ0v) is 13.8. The van der Waals surface area contributed by atoms with Crippen molar-refractivity contribution in [3.8, 4) is 0 Å². The first kappa shape index (κ1) is 15.0. The van der Waals surface area contributed by atoms with E-state index in [-0.39, 0.29) is 0 Å². The number of aromatic nitrogens is 1. The number of fused-ring (bicyclic) bond motifs is 1. The number of rotatable bonds is 5. The highest BCUT2D eigenvalue weighted by Crippen LogP contribution is 2.31. The summed E-state index contributed by atoms with van der Waals surface area (Å²) >= 11 is 7.83. The summed E-state index contributed by atoms with van der Waals surface area (Å²) < 4.78 is 6.54. The average molecular weight is 326 g/mol. The van der Waals surface area contributed by atoms with Crippen LogP contribution >= 0.6 is 22.9 Å². The highest BCUT2D eigenvalue weighted by atomic mass is 35.5. The monoisotopic (exact) mass is 325 g/mol. The number of morpholine rings is 1. The van der Waals surface area contributed by atoms with E-state index in [1.165, 1.54) is 4.70 Å². The molecule has 0 aliphatic carbocycles. The molecule has 114 valence electrons. The van der Waals surface area contributed by atoms with Crippen LogP contribution in [0.1, 0.15) is 12.0 Å². The van der Waals surface area contributed by atoms with Gasteiger partial charge in [0, 0.05) is 24.7 Å². The van der Waals surface area contributed by atoms with Crippen molar-refractivity contribution in [1.82, 2.24) is 9.88 Å². The first-order valence-electron chi connectivity index (χ1n) is 7.33. The third-order valence-corrected chi connectivity index (χ3v) is 5.17. The molecular formula is C15H20ClN3OS. The Kier molecular flexibility index (Phi) is 4.95. The SMILES string of the molecule is Cc1c(Cl)ccc2sc(NCCCN3CCOCC3)nc12. The van der Waals surface area contributed by atoms with Crippen LogP contribution in [0.2, 0.25) is 5.02 Å². The second-order valence-electron chi connectivity index (χ2n) is 5.27. The molecule has 6 heteroatoms. The molecule has 0 bridgehead atoms. The molecule has 1 fully saturated rings. The lowest BCUT2D eigenvalue weighted by molar-refractivity contribution is 0.0378. The van der Waals surface area contributed by atoms with Gasteiger partial charge in [0.15, 0.2) is 5.13 Å². The van der Waals surface area contributed by atoms with Crippen LogP contribution in [-0.2, 0) is 4.74 Å². The number of nitrogens with one attached hydrogen (secondary N) is 1. The second kappa shape index (κ2) is 6.92. The van der Waals surface area contributed by atoms with Gasteiger partial charge in [0.2, 0.25) is 0 Å². The molecule has 0 saturated carbocycles. The summed E-state index contributed by atoms with van der Waals surface area (Å²) in [6.07, 6.45) is 1.12. The van der Waals surface area contributed by atoms with Gasteiger partial charge in [-0.05, 0) is 37.6 Å². The van der Waals surface area contributed by atoms with Crippen molar-refractivity contribution < 1.29 is 4.74 Å². The minimum atomic E-state index is 0.784. The molecule has 3 rings (SSSR count). The molecule has 0 amide bonds. The Labute approximate surface area is 134 Å². The summed E-state index contributed by atoms with van der Waals surface area (Å²) in [6, 6.07) is 3.99. The third kappa shape index (κ3) is 3.66. The van der Waals surface area contributed by atoms with Crippen molar-refractivity contribution in [3.63, 3.8) is 0 Å². The molecule has 1 saturated heterocycles. The van der Waals surface area contributed by atoms with Crippen molar-refractivity contribution in [2.75, 3.05) is 44.7 Å². The molecular weight excluding hydrogens is 306 g/mol. The normalized spacial score (nSPS) is 16.5. The highest BCUT2D eigenvalue weighted by molar-refractivity contribution is 7.22. The van der Waals surface area contributed by atoms with Gasteiger partial charge in [0.25, 0.3) is 0 Å². The lowest BCUT2D eigenvalue weighted by Crippen LogP contribution is -2.37. The zero-order chi connectivity index (χ0) is 14.7. The Morgan fingerprint density at radius 2 is 2.19 bits per heavy atom. The fourth-order valence-electron chi connectivity index (χ4n) is 2.50. The molecule has 1 aromatic carbocycles. The first-order chi connectivity index (χ1) is 10.2. The fraction of sp³-hybridized carbons (Fsp3) is 0.533. The van der Waals surface area contributed by atoms with E-state index in [1.807, 2.05) is 19.1 Å². The molecule has 4 nitrogen and oxygen atoms in total. The number of thiazole rings is 1. The molecule has 0 radical (unpaired) electrons. The van der Waals surface area contributed by atoms with Gasteiger partial charge in [0.05, 0.1) is 23.4 Å². The Morgan fingerprint density at radius 1 is 1.38 bits per heavy atom. The number of hydrogen-bond acceptors (Lipinski definition) is 5. The standard InChI is InChI=1S/C15H20ClN3OS/c1-11-12(16)3-4-13-14(11)18-15(21-13)17-5-2-6-19-7-9-20-10-8-19/h3-4H,2,5-10H2,1H3,(H,17,18). The van der Waals surface area contributed by atoms with E-state index in [9.17, 15) is 0 Å². The Morgan fingerprint density at radius 3 is 3.00 bits per heavy atom.